The Morgan fingerprint density at radius 1 is 1.07 bits per heavy atom. The van der Waals surface area contributed by atoms with Crippen LogP contribution in [0, 0.1) is 5.92 Å². The van der Waals surface area contributed by atoms with Crippen LogP contribution in [0.25, 0.3) is 0 Å². The van der Waals surface area contributed by atoms with Crippen molar-refractivity contribution in [3.8, 4) is 0 Å². The lowest BCUT2D eigenvalue weighted by molar-refractivity contribution is -0.128. The molecule has 2 aromatic rings. The molecule has 0 radical (unpaired) electrons. The van der Waals surface area contributed by atoms with Gasteiger partial charge in [0, 0.05) is 12.1 Å². The summed E-state index contributed by atoms with van der Waals surface area (Å²) < 4.78 is 28.6. The molecule has 2 heterocycles. The van der Waals surface area contributed by atoms with E-state index in [0.717, 1.165) is 5.56 Å². The highest BCUT2D eigenvalue weighted by molar-refractivity contribution is 7.90. The van der Waals surface area contributed by atoms with Crippen molar-refractivity contribution in [2.45, 2.75) is 31.3 Å². The Kier molecular flexibility index (Phi) is 4.34. The smallest absolute Gasteiger partial charge is 0.283 e. The van der Waals surface area contributed by atoms with Crippen LogP contribution < -0.4 is 0 Å². The van der Waals surface area contributed by atoms with Gasteiger partial charge in [0.2, 0.25) is 0 Å². The Labute approximate surface area is 163 Å². The van der Waals surface area contributed by atoms with Gasteiger partial charge in [-0.1, -0.05) is 62.4 Å². The molecule has 2 aliphatic heterocycles. The van der Waals surface area contributed by atoms with Gasteiger partial charge in [-0.05, 0) is 17.5 Å². The highest BCUT2D eigenvalue weighted by Crippen LogP contribution is 2.37. The van der Waals surface area contributed by atoms with Gasteiger partial charge in [0.15, 0.2) is 0 Å². The van der Waals surface area contributed by atoms with Crippen LogP contribution in [0.5, 0.6) is 0 Å². The van der Waals surface area contributed by atoms with Crippen LogP contribution >= 0.6 is 0 Å². The van der Waals surface area contributed by atoms with E-state index in [1.54, 1.807) is 23.1 Å². The van der Waals surface area contributed by atoms with Gasteiger partial charge in [0.25, 0.3) is 15.9 Å². The third kappa shape index (κ3) is 2.82. The number of carbonyl (C=O) groups excluding carboxylic acids is 1. The standard InChI is InChI=1S/C21H20N2O4S/c1-13(2)19-20(24)17(21(25)23(19)12-14-8-4-3-5-9-14)18-15-10-6-7-11-16(15)28(26,27)22-18/h3-11,13,19,24H,12H2,1-2H3/t19-/m0/s1. The van der Waals surface area contributed by atoms with E-state index in [-0.39, 0.29) is 27.9 Å². The second-order valence-corrected chi connectivity index (χ2v) is 8.85. The molecule has 28 heavy (non-hydrogen) atoms. The molecule has 1 atom stereocenters. The average molecular weight is 396 g/mol. The van der Waals surface area contributed by atoms with Crippen molar-refractivity contribution >= 4 is 21.6 Å². The van der Waals surface area contributed by atoms with Crippen molar-refractivity contribution in [1.29, 1.82) is 0 Å². The Morgan fingerprint density at radius 2 is 1.71 bits per heavy atom. The van der Waals surface area contributed by atoms with Gasteiger partial charge in [-0.15, -0.1) is 0 Å². The molecule has 0 unspecified atom stereocenters. The number of aliphatic hydroxyl groups is 1. The highest BCUT2D eigenvalue weighted by atomic mass is 32.2. The minimum atomic E-state index is -3.88. The predicted octanol–water partition coefficient (Wildman–Crippen LogP) is 3.06. The topological polar surface area (TPSA) is 87.0 Å². The van der Waals surface area contributed by atoms with Crippen LogP contribution in [0.4, 0.5) is 0 Å². The predicted molar refractivity (Wildman–Crippen MR) is 105 cm³/mol. The van der Waals surface area contributed by atoms with E-state index in [1.165, 1.54) is 6.07 Å². The zero-order chi connectivity index (χ0) is 20.1. The Morgan fingerprint density at radius 3 is 2.39 bits per heavy atom. The largest absolute Gasteiger partial charge is 0.509 e. The lowest BCUT2D eigenvalue weighted by Gasteiger charge is -2.28. The molecule has 0 saturated carbocycles. The number of aliphatic hydroxyl groups excluding tert-OH is 1. The van der Waals surface area contributed by atoms with Crippen molar-refractivity contribution in [2.24, 2.45) is 10.3 Å². The van der Waals surface area contributed by atoms with Gasteiger partial charge in [-0.25, -0.2) is 0 Å². The molecular weight excluding hydrogens is 376 g/mol. The molecule has 0 saturated heterocycles. The fourth-order valence-corrected chi connectivity index (χ4v) is 5.03. The third-order valence-electron chi connectivity index (χ3n) is 5.04. The van der Waals surface area contributed by atoms with Gasteiger partial charge >= 0.3 is 0 Å². The van der Waals surface area contributed by atoms with Crippen molar-refractivity contribution in [3.63, 3.8) is 0 Å². The Hall–Kier alpha value is -2.93. The molecule has 1 N–H and O–H groups in total. The number of hydrogen-bond acceptors (Lipinski definition) is 4. The molecule has 0 fully saturated rings. The number of hydrogen-bond donors (Lipinski definition) is 1. The van der Waals surface area contributed by atoms with Gasteiger partial charge in [0.05, 0.1) is 10.9 Å². The summed E-state index contributed by atoms with van der Waals surface area (Å²) in [5.41, 5.74) is 1.28. The summed E-state index contributed by atoms with van der Waals surface area (Å²) >= 11 is 0. The lowest BCUT2D eigenvalue weighted by atomic mass is 9.98. The van der Waals surface area contributed by atoms with Gasteiger partial charge < -0.3 is 10.0 Å². The molecular formula is C21H20N2O4S. The molecule has 7 heteroatoms. The summed E-state index contributed by atoms with van der Waals surface area (Å²) in [6.07, 6.45) is 0. The summed E-state index contributed by atoms with van der Waals surface area (Å²) in [4.78, 5) is 14.9. The summed E-state index contributed by atoms with van der Waals surface area (Å²) in [6.45, 7) is 4.14. The van der Waals surface area contributed by atoms with Crippen molar-refractivity contribution in [2.75, 3.05) is 0 Å². The molecule has 6 nitrogen and oxygen atoms in total. The van der Waals surface area contributed by atoms with Crippen LogP contribution in [0.3, 0.4) is 0 Å². The van der Waals surface area contributed by atoms with Gasteiger partial charge in [-0.3, -0.25) is 4.79 Å². The van der Waals surface area contributed by atoms with Crippen LogP contribution in [0.2, 0.25) is 0 Å². The second-order valence-electron chi connectivity index (χ2n) is 7.28. The summed E-state index contributed by atoms with van der Waals surface area (Å²) in [7, 11) is -3.88. The molecule has 0 aromatic heterocycles. The first kappa shape index (κ1) is 18.4. The second kappa shape index (κ2) is 6.60. The van der Waals surface area contributed by atoms with Crippen LogP contribution in [-0.2, 0) is 21.4 Å². The van der Waals surface area contributed by atoms with Crippen LogP contribution in [0.15, 0.2) is 75.2 Å². The van der Waals surface area contributed by atoms with E-state index in [9.17, 15) is 18.3 Å². The lowest BCUT2D eigenvalue weighted by Crippen LogP contribution is -2.38. The van der Waals surface area contributed by atoms with E-state index in [4.69, 9.17) is 0 Å². The Bertz CT molecular complexity index is 1120. The van der Waals surface area contributed by atoms with E-state index < -0.39 is 22.0 Å². The van der Waals surface area contributed by atoms with Crippen molar-refractivity contribution in [1.82, 2.24) is 4.90 Å². The quantitative estimate of drug-likeness (QED) is 0.860. The Balaban J connectivity index is 1.81. The first-order valence-electron chi connectivity index (χ1n) is 9.04. The SMILES string of the molecule is CC(C)[C@H]1C(O)=C(C2=NS(=O)(=O)c3ccccc32)C(=O)N1Cc1ccccc1. The van der Waals surface area contributed by atoms with Crippen LogP contribution in [0.1, 0.15) is 25.0 Å². The average Bonchev–Trinajstić information content (AvgIpc) is 3.06. The van der Waals surface area contributed by atoms with E-state index in [1.807, 2.05) is 44.2 Å². The minimum absolute atomic E-state index is 0.0249. The van der Waals surface area contributed by atoms with E-state index >= 15 is 0 Å². The number of amides is 1. The number of benzene rings is 2. The zero-order valence-electron chi connectivity index (χ0n) is 15.5. The van der Waals surface area contributed by atoms with Crippen molar-refractivity contribution < 1.29 is 18.3 Å². The number of fused-ring (bicyclic) bond motifs is 1. The van der Waals surface area contributed by atoms with Crippen molar-refractivity contribution in [3.05, 3.63) is 77.1 Å². The van der Waals surface area contributed by atoms with Crippen LogP contribution in [-0.4, -0.2) is 36.1 Å². The van der Waals surface area contributed by atoms with E-state index in [0.29, 0.717) is 12.1 Å². The molecule has 2 aromatic carbocycles. The van der Waals surface area contributed by atoms with Gasteiger partial charge in [-0.2, -0.15) is 12.8 Å². The zero-order valence-corrected chi connectivity index (χ0v) is 16.3. The normalized spacial score (nSPS) is 20.7. The molecule has 0 bridgehead atoms. The van der Waals surface area contributed by atoms with Gasteiger partial charge in [0.1, 0.15) is 17.0 Å². The first-order chi connectivity index (χ1) is 13.3. The summed E-state index contributed by atoms with van der Waals surface area (Å²) in [5.74, 6) is -0.591. The molecule has 4 rings (SSSR count). The molecule has 0 aliphatic carbocycles. The minimum Gasteiger partial charge on any atom is -0.509 e. The third-order valence-corrected chi connectivity index (χ3v) is 6.38. The highest BCUT2D eigenvalue weighted by Gasteiger charge is 2.45. The number of carbonyl (C=O) groups is 1. The maximum atomic E-state index is 13.3. The monoisotopic (exact) mass is 396 g/mol. The maximum absolute atomic E-state index is 13.3. The number of rotatable bonds is 4. The number of nitrogens with zero attached hydrogens (tertiary/aromatic N) is 2. The molecule has 2 aliphatic rings. The number of sulfonamides is 1. The molecule has 0 spiro atoms. The van der Waals surface area contributed by atoms with E-state index in [2.05, 4.69) is 4.40 Å². The summed E-state index contributed by atoms with van der Waals surface area (Å²) in [5, 5.41) is 10.9. The molecule has 1 amide bonds. The molecule has 144 valence electrons. The maximum Gasteiger partial charge on any atom is 0.283 e. The summed E-state index contributed by atoms with van der Waals surface area (Å²) in [6, 6.07) is 15.3. The first-order valence-corrected chi connectivity index (χ1v) is 10.5. The fourth-order valence-electron chi connectivity index (χ4n) is 3.81. The fraction of sp³-hybridized carbons (Fsp3) is 0.238.